The van der Waals surface area contributed by atoms with Crippen molar-refractivity contribution in [1.29, 1.82) is 0 Å². The Kier molecular flexibility index (Phi) is 7.15. The number of carbonyl (C=O) groups excluding carboxylic acids is 2. The summed E-state index contributed by atoms with van der Waals surface area (Å²) in [5.74, 6) is -0.300. The summed E-state index contributed by atoms with van der Waals surface area (Å²) in [5.41, 5.74) is 4.85. The number of hydrogen-bond donors (Lipinski definition) is 1. The maximum atomic E-state index is 14.7. The van der Waals surface area contributed by atoms with Crippen LogP contribution in [0.5, 0.6) is 0 Å². The van der Waals surface area contributed by atoms with E-state index < -0.39 is 11.7 Å². The van der Waals surface area contributed by atoms with E-state index in [1.165, 1.54) is 0 Å². The molecular formula is C41H35N5O4. The van der Waals surface area contributed by atoms with Crippen molar-refractivity contribution in [3.63, 3.8) is 0 Å². The monoisotopic (exact) mass is 661 g/mol. The van der Waals surface area contributed by atoms with Gasteiger partial charge in [-0.3, -0.25) is 19.2 Å². The predicted molar refractivity (Wildman–Crippen MR) is 190 cm³/mol. The van der Waals surface area contributed by atoms with Gasteiger partial charge in [-0.05, 0) is 59.7 Å². The van der Waals surface area contributed by atoms with E-state index in [1.807, 2.05) is 120 Å². The summed E-state index contributed by atoms with van der Waals surface area (Å²) in [4.78, 5) is 32.2. The second-order valence-electron chi connectivity index (χ2n) is 13.5. The zero-order valence-corrected chi connectivity index (χ0v) is 27.5. The molecule has 1 saturated heterocycles. The van der Waals surface area contributed by atoms with Crippen LogP contribution in [0, 0.1) is 5.92 Å². The molecule has 9 heteroatoms. The van der Waals surface area contributed by atoms with Crippen molar-refractivity contribution in [1.82, 2.24) is 15.0 Å². The van der Waals surface area contributed by atoms with Crippen LogP contribution in [0.15, 0.2) is 121 Å². The first-order chi connectivity index (χ1) is 24.4. The fourth-order valence-electron chi connectivity index (χ4n) is 8.10. The molecule has 2 amide bonds. The SMILES string of the molecule is C[C@H]1C[C@@H](CCn2cc([C@H](O)c3ccccc3)nn2)O[C@]12C(=O)N(Cc1ccccc1)c1ccc(N3C(=O)c4cccc5cccc3c45)cc12. The molecular weight excluding hydrogens is 626 g/mol. The highest BCUT2D eigenvalue weighted by Crippen LogP contribution is 2.55. The quantitative estimate of drug-likeness (QED) is 0.188. The Morgan fingerprint density at radius 1 is 0.900 bits per heavy atom. The molecule has 0 saturated carbocycles. The van der Waals surface area contributed by atoms with Crippen LogP contribution in [0.1, 0.15) is 58.6 Å². The second-order valence-corrected chi connectivity index (χ2v) is 13.5. The lowest BCUT2D eigenvalue weighted by Gasteiger charge is -2.29. The normalized spacial score (nSPS) is 21.5. The maximum Gasteiger partial charge on any atom is 0.264 e. The summed E-state index contributed by atoms with van der Waals surface area (Å²) in [6.45, 7) is 3.01. The number of ether oxygens (including phenoxy) is 1. The lowest BCUT2D eigenvalue weighted by atomic mass is 9.82. The standard InChI is InChI=1S/C41H35N5O4/c1-26-22-31(20-21-44-25-34(42-43-44)38(47)29-12-6-3-7-13-29)50-41(26)33-23-30(18-19-35(33)45(40(41)49)24-27-10-4-2-5-11-27)46-36-17-9-15-28-14-8-16-32(37(28)36)39(46)48/h2-19,23,25-26,31,38,47H,20-22,24H2,1H3/t26-,31+,38+,41+/m0/s1. The molecule has 0 bridgehead atoms. The van der Waals surface area contributed by atoms with Crippen LogP contribution in [0.3, 0.4) is 0 Å². The molecule has 3 aliphatic heterocycles. The van der Waals surface area contributed by atoms with Gasteiger partial charge in [0.05, 0.1) is 35.8 Å². The van der Waals surface area contributed by atoms with E-state index in [1.54, 1.807) is 15.8 Å². The third kappa shape index (κ3) is 4.69. The Bertz CT molecular complexity index is 2270. The van der Waals surface area contributed by atoms with E-state index in [9.17, 15) is 14.7 Å². The lowest BCUT2D eigenvalue weighted by Crippen LogP contribution is -2.43. The van der Waals surface area contributed by atoms with Crippen LogP contribution < -0.4 is 9.80 Å². The van der Waals surface area contributed by atoms with Gasteiger partial charge in [0.2, 0.25) is 0 Å². The van der Waals surface area contributed by atoms with Crippen molar-refractivity contribution in [2.75, 3.05) is 9.80 Å². The van der Waals surface area contributed by atoms with Gasteiger partial charge in [0.25, 0.3) is 11.8 Å². The summed E-state index contributed by atoms with van der Waals surface area (Å²) < 4.78 is 8.66. The molecule has 1 spiro atoms. The molecule has 5 aromatic carbocycles. The molecule has 0 unspecified atom stereocenters. The molecule has 9 rings (SSSR count). The van der Waals surface area contributed by atoms with Crippen molar-refractivity contribution in [2.45, 2.75) is 50.7 Å². The smallest absolute Gasteiger partial charge is 0.264 e. The molecule has 0 radical (unpaired) electrons. The van der Waals surface area contributed by atoms with Crippen molar-refractivity contribution < 1.29 is 19.4 Å². The Hall–Kier alpha value is -5.64. The van der Waals surface area contributed by atoms with Crippen molar-refractivity contribution in [2.24, 2.45) is 5.92 Å². The predicted octanol–water partition coefficient (Wildman–Crippen LogP) is 7.06. The lowest BCUT2D eigenvalue weighted by molar-refractivity contribution is -0.146. The third-order valence-corrected chi connectivity index (χ3v) is 10.5. The fraction of sp³-hybridized carbons (Fsp3) is 0.220. The topological polar surface area (TPSA) is 101 Å². The van der Waals surface area contributed by atoms with Crippen molar-refractivity contribution >= 4 is 39.6 Å². The molecule has 4 atom stereocenters. The first kappa shape index (κ1) is 30.4. The van der Waals surface area contributed by atoms with Gasteiger partial charge in [0.15, 0.2) is 5.60 Å². The van der Waals surface area contributed by atoms with E-state index in [4.69, 9.17) is 4.74 Å². The maximum absolute atomic E-state index is 14.7. The van der Waals surface area contributed by atoms with Gasteiger partial charge in [-0.2, -0.15) is 0 Å². The number of nitrogens with zero attached hydrogens (tertiary/aromatic N) is 5. The third-order valence-electron chi connectivity index (χ3n) is 10.5. The Labute approximate surface area is 289 Å². The van der Waals surface area contributed by atoms with Gasteiger partial charge >= 0.3 is 0 Å². The van der Waals surface area contributed by atoms with Gasteiger partial charge in [0, 0.05) is 29.1 Å². The van der Waals surface area contributed by atoms with Crippen LogP contribution in [0.2, 0.25) is 0 Å². The number of aliphatic hydroxyl groups excluding tert-OH is 1. The first-order valence-corrected chi connectivity index (χ1v) is 17.1. The largest absolute Gasteiger partial charge is 0.382 e. The molecule has 248 valence electrons. The van der Waals surface area contributed by atoms with E-state index >= 15 is 0 Å². The highest BCUT2D eigenvalue weighted by molar-refractivity contribution is 6.28. The Morgan fingerprint density at radius 2 is 1.66 bits per heavy atom. The summed E-state index contributed by atoms with van der Waals surface area (Å²) in [5, 5.41) is 21.3. The number of aliphatic hydroxyl groups is 1. The van der Waals surface area contributed by atoms with Gasteiger partial charge in [-0.1, -0.05) is 97.1 Å². The highest BCUT2D eigenvalue weighted by atomic mass is 16.5. The summed E-state index contributed by atoms with van der Waals surface area (Å²) in [6.07, 6.45) is 1.97. The summed E-state index contributed by atoms with van der Waals surface area (Å²) in [7, 11) is 0. The molecule has 1 aromatic heterocycles. The van der Waals surface area contributed by atoms with Gasteiger partial charge in [0.1, 0.15) is 11.8 Å². The molecule has 0 aliphatic carbocycles. The number of aryl methyl sites for hydroxylation is 1. The number of benzene rings is 5. The number of amides is 2. The zero-order valence-electron chi connectivity index (χ0n) is 27.5. The van der Waals surface area contributed by atoms with E-state index in [0.717, 1.165) is 38.8 Å². The highest BCUT2D eigenvalue weighted by Gasteiger charge is 2.60. The van der Waals surface area contributed by atoms with Gasteiger partial charge < -0.3 is 14.7 Å². The minimum Gasteiger partial charge on any atom is -0.382 e. The van der Waals surface area contributed by atoms with Crippen LogP contribution in [0.25, 0.3) is 10.8 Å². The number of rotatable bonds is 8. The van der Waals surface area contributed by atoms with Crippen LogP contribution in [-0.2, 0) is 28.2 Å². The van der Waals surface area contributed by atoms with Gasteiger partial charge in [-0.15, -0.1) is 5.10 Å². The summed E-state index contributed by atoms with van der Waals surface area (Å²) >= 11 is 0. The molecule has 1 fully saturated rings. The van der Waals surface area contributed by atoms with Crippen LogP contribution >= 0.6 is 0 Å². The number of carbonyl (C=O) groups is 2. The average molecular weight is 662 g/mol. The first-order valence-electron chi connectivity index (χ1n) is 17.1. The molecule has 3 aliphatic rings. The molecule has 9 nitrogen and oxygen atoms in total. The second kappa shape index (κ2) is 11.8. The number of fused-ring (bicyclic) bond motifs is 2. The van der Waals surface area contributed by atoms with E-state index in [-0.39, 0.29) is 23.8 Å². The molecule has 4 heterocycles. The van der Waals surface area contributed by atoms with Crippen molar-refractivity contribution in [3.05, 3.63) is 149 Å². The van der Waals surface area contributed by atoms with Crippen molar-refractivity contribution in [3.8, 4) is 0 Å². The fourth-order valence-corrected chi connectivity index (χ4v) is 8.10. The zero-order chi connectivity index (χ0) is 34.0. The molecule has 50 heavy (non-hydrogen) atoms. The number of hydrogen-bond acceptors (Lipinski definition) is 6. The Morgan fingerprint density at radius 3 is 2.46 bits per heavy atom. The average Bonchev–Trinajstić information content (AvgIpc) is 3.89. The number of aromatic nitrogens is 3. The van der Waals surface area contributed by atoms with E-state index in [0.29, 0.717) is 42.9 Å². The minimum atomic E-state index is -1.20. The van der Waals surface area contributed by atoms with Crippen LogP contribution in [-0.4, -0.2) is 38.0 Å². The Balaban J connectivity index is 1.04. The molecule has 1 N–H and O–H groups in total. The van der Waals surface area contributed by atoms with Crippen LogP contribution in [0.4, 0.5) is 17.1 Å². The van der Waals surface area contributed by atoms with Gasteiger partial charge in [-0.25, -0.2) is 0 Å². The number of anilines is 3. The molecule has 6 aromatic rings. The van der Waals surface area contributed by atoms with E-state index in [2.05, 4.69) is 17.2 Å². The minimum absolute atomic E-state index is 0.0842. The summed E-state index contributed by atoms with van der Waals surface area (Å²) in [6, 6.07) is 37.1.